The van der Waals surface area contributed by atoms with E-state index in [1.54, 1.807) is 6.07 Å². The van der Waals surface area contributed by atoms with Gasteiger partial charge in [0, 0.05) is 56.6 Å². The third-order valence-electron chi connectivity index (χ3n) is 5.58. The second kappa shape index (κ2) is 7.50. The van der Waals surface area contributed by atoms with Crippen molar-refractivity contribution in [3.63, 3.8) is 0 Å². The van der Waals surface area contributed by atoms with E-state index in [1.165, 1.54) is 0 Å². The van der Waals surface area contributed by atoms with Crippen LogP contribution in [0.3, 0.4) is 0 Å². The van der Waals surface area contributed by atoms with Crippen LogP contribution in [-0.4, -0.2) is 55.0 Å². The Morgan fingerprint density at radius 1 is 1.07 bits per heavy atom. The lowest BCUT2D eigenvalue weighted by molar-refractivity contribution is -0.384. The van der Waals surface area contributed by atoms with Gasteiger partial charge in [-0.2, -0.15) is 0 Å². The topological polar surface area (TPSA) is 69.9 Å². The number of anilines is 2. The summed E-state index contributed by atoms with van der Waals surface area (Å²) in [7, 11) is 1.93. The Morgan fingerprint density at radius 3 is 2.36 bits per heavy atom. The predicted octanol–water partition coefficient (Wildman–Crippen LogP) is 3.16. The summed E-state index contributed by atoms with van der Waals surface area (Å²) in [6.07, 6.45) is 2.16. The standard InChI is InChI=1S/C21H24N4O3/c1-22(17-7-8-17)20-15-18(9-10-19(20)25(27)28)23-11-13-24(14-12-23)21(26)16-5-3-2-4-6-16/h2-6,9-10,15,17H,7-8,11-14H2,1H3. The van der Waals surface area contributed by atoms with E-state index in [4.69, 9.17) is 0 Å². The van der Waals surface area contributed by atoms with Crippen molar-refractivity contribution in [2.75, 3.05) is 43.0 Å². The molecule has 7 heteroatoms. The summed E-state index contributed by atoms with van der Waals surface area (Å²) in [6, 6.07) is 15.1. The van der Waals surface area contributed by atoms with Gasteiger partial charge in [0.25, 0.3) is 11.6 Å². The van der Waals surface area contributed by atoms with E-state index in [-0.39, 0.29) is 16.5 Å². The Morgan fingerprint density at radius 2 is 1.75 bits per heavy atom. The number of carbonyl (C=O) groups excluding carboxylic acids is 1. The second-order valence-electron chi connectivity index (χ2n) is 7.42. The SMILES string of the molecule is CN(c1cc(N2CCN(C(=O)c3ccccc3)CC2)ccc1[N+](=O)[O-])C1CC1. The lowest BCUT2D eigenvalue weighted by Crippen LogP contribution is -2.48. The number of nitrogens with zero attached hydrogens (tertiary/aromatic N) is 4. The summed E-state index contributed by atoms with van der Waals surface area (Å²) in [4.78, 5) is 29.8. The third-order valence-corrected chi connectivity index (χ3v) is 5.58. The van der Waals surface area contributed by atoms with E-state index in [2.05, 4.69) is 4.90 Å². The molecule has 1 heterocycles. The number of nitro groups is 1. The highest BCUT2D eigenvalue weighted by atomic mass is 16.6. The zero-order chi connectivity index (χ0) is 19.7. The van der Waals surface area contributed by atoms with Crippen LogP contribution >= 0.6 is 0 Å². The Labute approximate surface area is 164 Å². The maximum atomic E-state index is 12.6. The van der Waals surface area contributed by atoms with Gasteiger partial charge in [0.1, 0.15) is 5.69 Å². The van der Waals surface area contributed by atoms with Crippen molar-refractivity contribution < 1.29 is 9.72 Å². The lowest BCUT2D eigenvalue weighted by Gasteiger charge is -2.36. The van der Waals surface area contributed by atoms with Gasteiger partial charge < -0.3 is 14.7 Å². The molecule has 0 spiro atoms. The van der Waals surface area contributed by atoms with Crippen LogP contribution in [-0.2, 0) is 0 Å². The van der Waals surface area contributed by atoms with E-state index in [0.717, 1.165) is 18.5 Å². The van der Waals surface area contributed by atoms with Gasteiger partial charge in [-0.15, -0.1) is 0 Å². The average Bonchev–Trinajstić information content (AvgIpc) is 3.58. The molecule has 1 saturated carbocycles. The monoisotopic (exact) mass is 380 g/mol. The molecule has 146 valence electrons. The largest absolute Gasteiger partial charge is 0.368 e. The molecule has 0 N–H and O–H groups in total. The number of amides is 1. The molecule has 28 heavy (non-hydrogen) atoms. The molecule has 0 atom stereocenters. The summed E-state index contributed by atoms with van der Waals surface area (Å²) in [5.41, 5.74) is 2.50. The third kappa shape index (κ3) is 3.65. The molecule has 1 amide bonds. The van der Waals surface area contributed by atoms with Crippen LogP contribution in [0.2, 0.25) is 0 Å². The zero-order valence-electron chi connectivity index (χ0n) is 16.0. The average molecular weight is 380 g/mol. The molecule has 2 fully saturated rings. The van der Waals surface area contributed by atoms with E-state index in [0.29, 0.717) is 43.5 Å². The van der Waals surface area contributed by atoms with Gasteiger partial charge in [0.15, 0.2) is 0 Å². The van der Waals surface area contributed by atoms with Crippen molar-refractivity contribution in [2.24, 2.45) is 0 Å². The summed E-state index contributed by atoms with van der Waals surface area (Å²) >= 11 is 0. The fraction of sp³-hybridized carbons (Fsp3) is 0.381. The van der Waals surface area contributed by atoms with Gasteiger partial charge in [-0.3, -0.25) is 14.9 Å². The fourth-order valence-corrected chi connectivity index (χ4v) is 3.73. The van der Waals surface area contributed by atoms with Gasteiger partial charge in [0.2, 0.25) is 0 Å². The highest BCUT2D eigenvalue weighted by Crippen LogP contribution is 2.38. The highest BCUT2D eigenvalue weighted by molar-refractivity contribution is 5.94. The maximum Gasteiger partial charge on any atom is 0.292 e. The Balaban J connectivity index is 1.48. The first-order chi connectivity index (χ1) is 13.5. The number of rotatable bonds is 5. The van der Waals surface area contributed by atoms with Crippen molar-refractivity contribution in [3.8, 4) is 0 Å². The number of benzene rings is 2. The van der Waals surface area contributed by atoms with Gasteiger partial charge in [-0.05, 0) is 37.1 Å². The smallest absolute Gasteiger partial charge is 0.292 e. The number of hydrogen-bond donors (Lipinski definition) is 0. The number of nitro benzene ring substituents is 1. The maximum absolute atomic E-state index is 12.6. The van der Waals surface area contributed by atoms with E-state index in [1.807, 2.05) is 59.3 Å². The first kappa shape index (κ1) is 18.3. The van der Waals surface area contributed by atoms with E-state index >= 15 is 0 Å². The first-order valence-corrected chi connectivity index (χ1v) is 9.65. The summed E-state index contributed by atoms with van der Waals surface area (Å²) < 4.78 is 0. The Hall–Kier alpha value is -3.09. The lowest BCUT2D eigenvalue weighted by atomic mass is 10.1. The molecule has 0 radical (unpaired) electrons. The number of carbonyl (C=O) groups is 1. The van der Waals surface area contributed by atoms with Crippen molar-refractivity contribution in [1.82, 2.24) is 4.90 Å². The molecule has 7 nitrogen and oxygen atoms in total. The van der Waals surface area contributed by atoms with Crippen molar-refractivity contribution >= 4 is 23.0 Å². The minimum atomic E-state index is -0.311. The number of hydrogen-bond acceptors (Lipinski definition) is 5. The van der Waals surface area contributed by atoms with Crippen LogP contribution in [0.15, 0.2) is 48.5 Å². The van der Waals surface area contributed by atoms with Gasteiger partial charge >= 0.3 is 0 Å². The predicted molar refractivity (Wildman–Crippen MR) is 109 cm³/mol. The fourth-order valence-electron chi connectivity index (χ4n) is 3.73. The van der Waals surface area contributed by atoms with Crippen LogP contribution < -0.4 is 9.80 Å². The molecular formula is C21H24N4O3. The summed E-state index contributed by atoms with van der Waals surface area (Å²) in [5.74, 6) is 0.0538. The molecule has 0 unspecified atom stereocenters. The summed E-state index contributed by atoms with van der Waals surface area (Å²) in [5, 5.41) is 11.4. The Kier molecular flexibility index (Phi) is 4.90. The van der Waals surface area contributed by atoms with Gasteiger partial charge in [0.05, 0.1) is 4.92 Å². The van der Waals surface area contributed by atoms with Crippen molar-refractivity contribution in [2.45, 2.75) is 18.9 Å². The van der Waals surface area contributed by atoms with Crippen LogP contribution in [0.5, 0.6) is 0 Å². The molecule has 0 aromatic heterocycles. The van der Waals surface area contributed by atoms with Crippen LogP contribution in [0.4, 0.5) is 17.1 Å². The molecule has 1 saturated heterocycles. The Bertz CT molecular complexity index is 874. The van der Waals surface area contributed by atoms with Crippen molar-refractivity contribution in [1.29, 1.82) is 0 Å². The van der Waals surface area contributed by atoms with E-state index < -0.39 is 0 Å². The normalized spacial score (nSPS) is 16.8. The molecule has 1 aliphatic heterocycles. The van der Waals surface area contributed by atoms with E-state index in [9.17, 15) is 14.9 Å². The molecule has 1 aliphatic carbocycles. The van der Waals surface area contributed by atoms with Crippen molar-refractivity contribution in [3.05, 3.63) is 64.2 Å². The molecular weight excluding hydrogens is 356 g/mol. The molecule has 2 aromatic rings. The van der Waals surface area contributed by atoms with Crippen LogP contribution in [0.1, 0.15) is 23.2 Å². The first-order valence-electron chi connectivity index (χ1n) is 9.65. The second-order valence-corrected chi connectivity index (χ2v) is 7.42. The minimum Gasteiger partial charge on any atom is -0.368 e. The summed E-state index contributed by atoms with van der Waals surface area (Å²) in [6.45, 7) is 2.70. The van der Waals surface area contributed by atoms with Gasteiger partial charge in [-0.25, -0.2) is 0 Å². The molecule has 0 bridgehead atoms. The molecule has 4 rings (SSSR count). The van der Waals surface area contributed by atoms with Crippen LogP contribution in [0.25, 0.3) is 0 Å². The highest BCUT2D eigenvalue weighted by Gasteiger charge is 2.31. The molecule has 2 aromatic carbocycles. The minimum absolute atomic E-state index is 0.0538. The molecule has 2 aliphatic rings. The quantitative estimate of drug-likeness (QED) is 0.589. The zero-order valence-corrected chi connectivity index (χ0v) is 16.0. The van der Waals surface area contributed by atoms with Gasteiger partial charge in [-0.1, -0.05) is 18.2 Å². The number of piperazine rings is 1. The van der Waals surface area contributed by atoms with Crippen LogP contribution in [0, 0.1) is 10.1 Å².